The van der Waals surface area contributed by atoms with E-state index in [9.17, 15) is 21.6 Å². The summed E-state index contributed by atoms with van der Waals surface area (Å²) in [6.45, 7) is 2.11. The molecule has 0 aliphatic heterocycles. The Labute approximate surface area is 153 Å². The molecule has 0 bridgehead atoms. The largest absolute Gasteiger partial charge is 0.497 e. The molecular weight excluding hydrogens is 378 g/mol. The summed E-state index contributed by atoms with van der Waals surface area (Å²) in [7, 11) is -7.49. The Balaban J connectivity index is 2.58. The lowest BCUT2D eigenvalue weighted by Gasteiger charge is -2.21. The van der Waals surface area contributed by atoms with Crippen LogP contribution in [-0.4, -0.2) is 40.0 Å². The summed E-state index contributed by atoms with van der Waals surface area (Å²) >= 11 is 0. The second-order valence-corrected chi connectivity index (χ2v) is 9.59. The number of ketones is 1. The lowest BCUT2D eigenvalue weighted by Crippen LogP contribution is -2.40. The minimum absolute atomic E-state index is 0.207. The first kappa shape index (κ1) is 20.1. The molecule has 0 aliphatic carbocycles. The summed E-state index contributed by atoms with van der Waals surface area (Å²) in [6, 6.07) is 11.0. The van der Waals surface area contributed by atoms with E-state index in [1.165, 1.54) is 43.5 Å². The van der Waals surface area contributed by atoms with E-state index >= 15 is 0 Å². The van der Waals surface area contributed by atoms with Gasteiger partial charge in [0, 0.05) is 0 Å². The predicted octanol–water partition coefficient (Wildman–Crippen LogP) is 1.97. The number of rotatable bonds is 7. The summed E-state index contributed by atoms with van der Waals surface area (Å²) in [6.07, 6.45) is 0. The minimum Gasteiger partial charge on any atom is -0.497 e. The van der Waals surface area contributed by atoms with Crippen LogP contribution in [0.5, 0.6) is 5.75 Å². The maximum absolute atomic E-state index is 12.9. The number of sulfonamides is 2. The van der Waals surface area contributed by atoms with Gasteiger partial charge in [-0.15, -0.1) is 0 Å². The van der Waals surface area contributed by atoms with Crippen molar-refractivity contribution in [3.8, 4) is 5.75 Å². The monoisotopic (exact) mass is 397 g/mol. The van der Waals surface area contributed by atoms with Gasteiger partial charge in [-0.2, -0.15) is 0 Å². The zero-order valence-corrected chi connectivity index (χ0v) is 16.2. The topological polar surface area (TPSA) is 97.8 Å². The number of carbonyl (C=O) groups is 1. The third kappa shape index (κ3) is 4.12. The van der Waals surface area contributed by atoms with Crippen molar-refractivity contribution in [2.24, 2.45) is 0 Å². The summed E-state index contributed by atoms with van der Waals surface area (Å²) in [4.78, 5) is 11.1. The Kier molecular flexibility index (Phi) is 5.84. The Bertz CT molecular complexity index is 994. The Morgan fingerprint density at radius 1 is 0.885 bits per heavy atom. The fourth-order valence-corrected chi connectivity index (χ4v) is 5.86. The molecule has 0 unspecified atom stereocenters. The van der Waals surface area contributed by atoms with Crippen LogP contribution in [0.3, 0.4) is 0 Å². The maximum atomic E-state index is 12.9. The molecule has 0 N–H and O–H groups in total. The number of nitrogens with zero attached hydrogens (tertiary/aromatic N) is 1. The molecule has 0 atom stereocenters. The van der Waals surface area contributed by atoms with Crippen LogP contribution in [0.4, 0.5) is 0 Å². The van der Waals surface area contributed by atoms with Gasteiger partial charge in [-0.1, -0.05) is 21.4 Å². The molecule has 9 heteroatoms. The second kappa shape index (κ2) is 7.56. The molecule has 0 fully saturated rings. The number of hydrogen-bond donors (Lipinski definition) is 0. The molecule has 0 spiro atoms. The number of hydrogen-bond acceptors (Lipinski definition) is 6. The molecule has 0 amide bonds. The molecule has 0 saturated carbocycles. The first-order valence-electron chi connectivity index (χ1n) is 7.57. The van der Waals surface area contributed by atoms with Gasteiger partial charge < -0.3 is 4.74 Å². The van der Waals surface area contributed by atoms with E-state index < -0.39 is 32.4 Å². The van der Waals surface area contributed by atoms with Crippen molar-refractivity contribution < 1.29 is 26.4 Å². The average molecular weight is 397 g/mol. The van der Waals surface area contributed by atoms with Crippen molar-refractivity contribution in [3.63, 3.8) is 0 Å². The van der Waals surface area contributed by atoms with E-state index in [1.54, 1.807) is 19.1 Å². The molecule has 0 aliphatic rings. The number of ether oxygens (including phenoxy) is 1. The zero-order valence-electron chi connectivity index (χ0n) is 14.5. The molecule has 2 aromatic rings. The highest BCUT2D eigenvalue weighted by molar-refractivity contribution is 8.04. The minimum atomic E-state index is -4.47. The first-order chi connectivity index (χ1) is 12.1. The predicted molar refractivity (Wildman–Crippen MR) is 95.9 cm³/mol. The summed E-state index contributed by atoms with van der Waals surface area (Å²) in [5.74, 6) is -0.179. The van der Waals surface area contributed by atoms with Crippen molar-refractivity contribution in [2.75, 3.05) is 13.7 Å². The van der Waals surface area contributed by atoms with Crippen LogP contribution in [0.1, 0.15) is 12.5 Å². The smallest absolute Gasteiger partial charge is 0.256 e. The van der Waals surface area contributed by atoms with Crippen molar-refractivity contribution in [1.82, 2.24) is 3.71 Å². The first-order valence-corrected chi connectivity index (χ1v) is 10.4. The normalized spacial score (nSPS) is 12.2. The summed E-state index contributed by atoms with van der Waals surface area (Å²) < 4.78 is 56.8. The van der Waals surface area contributed by atoms with Crippen molar-refractivity contribution in [2.45, 2.75) is 23.6 Å². The molecule has 0 radical (unpaired) electrons. The van der Waals surface area contributed by atoms with Crippen molar-refractivity contribution >= 4 is 25.8 Å². The van der Waals surface area contributed by atoms with Gasteiger partial charge in [-0.05, 0) is 50.2 Å². The fraction of sp³-hybridized carbons (Fsp3) is 0.235. The van der Waals surface area contributed by atoms with E-state index in [0.717, 1.165) is 12.5 Å². The highest BCUT2D eigenvalue weighted by Gasteiger charge is 2.37. The average Bonchev–Trinajstić information content (AvgIpc) is 2.59. The van der Waals surface area contributed by atoms with Gasteiger partial charge in [0.2, 0.25) is 0 Å². The van der Waals surface area contributed by atoms with Crippen LogP contribution in [0.2, 0.25) is 0 Å². The number of carbonyl (C=O) groups excluding carboxylic acids is 1. The van der Waals surface area contributed by atoms with Gasteiger partial charge >= 0.3 is 0 Å². The van der Waals surface area contributed by atoms with Crippen LogP contribution in [-0.2, 0) is 24.8 Å². The fourth-order valence-electron chi connectivity index (χ4n) is 2.17. The molecule has 0 saturated heterocycles. The molecule has 0 aromatic heterocycles. The van der Waals surface area contributed by atoms with Gasteiger partial charge in [0.15, 0.2) is 0 Å². The van der Waals surface area contributed by atoms with E-state index in [2.05, 4.69) is 0 Å². The van der Waals surface area contributed by atoms with Gasteiger partial charge in [0.25, 0.3) is 20.0 Å². The Morgan fingerprint density at radius 2 is 1.31 bits per heavy atom. The number of benzene rings is 2. The van der Waals surface area contributed by atoms with Crippen LogP contribution >= 0.6 is 0 Å². The lowest BCUT2D eigenvalue weighted by molar-refractivity contribution is -0.116. The molecule has 26 heavy (non-hydrogen) atoms. The van der Waals surface area contributed by atoms with Gasteiger partial charge in [0.05, 0.1) is 23.4 Å². The molecule has 140 valence electrons. The van der Waals surface area contributed by atoms with E-state index in [1.807, 2.05) is 0 Å². The molecule has 7 nitrogen and oxygen atoms in total. The van der Waals surface area contributed by atoms with Crippen LogP contribution in [0.15, 0.2) is 58.3 Å². The standard InChI is InChI=1S/C17H19NO6S2/c1-13-4-8-16(9-5-13)25(20,21)18(12-14(2)19)26(22,23)17-10-6-15(24-3)7-11-17/h4-11H,12H2,1-3H3. The Hall–Kier alpha value is -2.23. The highest BCUT2D eigenvalue weighted by Crippen LogP contribution is 2.25. The number of methoxy groups -OCH3 is 1. The third-order valence-electron chi connectivity index (χ3n) is 3.56. The summed E-state index contributed by atoms with van der Waals surface area (Å²) in [5.41, 5.74) is 0.820. The van der Waals surface area contributed by atoms with Crippen LogP contribution in [0.25, 0.3) is 0 Å². The molecule has 2 aromatic carbocycles. The maximum Gasteiger partial charge on any atom is 0.256 e. The van der Waals surface area contributed by atoms with Gasteiger partial charge in [-0.3, -0.25) is 4.79 Å². The van der Waals surface area contributed by atoms with Crippen molar-refractivity contribution in [1.29, 1.82) is 0 Å². The number of Topliss-reactive ketones (excluding diaryl/α,β-unsaturated/α-hetero) is 1. The number of aryl methyl sites for hydroxylation is 1. The zero-order chi connectivity index (χ0) is 19.5. The molecular formula is C17H19NO6S2. The highest BCUT2D eigenvalue weighted by atomic mass is 32.3. The van der Waals surface area contributed by atoms with Gasteiger partial charge in [-0.25, -0.2) is 16.8 Å². The van der Waals surface area contributed by atoms with Crippen molar-refractivity contribution in [3.05, 3.63) is 54.1 Å². The SMILES string of the molecule is COc1ccc(S(=O)(=O)N(CC(C)=O)S(=O)(=O)c2ccc(C)cc2)cc1. The van der Waals surface area contributed by atoms with Crippen LogP contribution < -0.4 is 4.74 Å². The summed E-state index contributed by atoms with van der Waals surface area (Å²) in [5, 5.41) is 0. The quantitative estimate of drug-likeness (QED) is 0.708. The third-order valence-corrected chi connectivity index (χ3v) is 7.81. The molecule has 2 rings (SSSR count). The molecule has 0 heterocycles. The van der Waals surface area contributed by atoms with Crippen LogP contribution in [0, 0.1) is 6.92 Å². The van der Waals surface area contributed by atoms with E-state index in [4.69, 9.17) is 4.74 Å². The van der Waals surface area contributed by atoms with Gasteiger partial charge in [0.1, 0.15) is 11.5 Å². The lowest BCUT2D eigenvalue weighted by atomic mass is 10.2. The second-order valence-electron chi connectivity index (χ2n) is 5.63. The van der Waals surface area contributed by atoms with E-state index in [-0.39, 0.29) is 13.5 Å². The van der Waals surface area contributed by atoms with E-state index in [0.29, 0.717) is 5.75 Å². The Morgan fingerprint density at radius 3 is 1.69 bits per heavy atom.